The summed E-state index contributed by atoms with van der Waals surface area (Å²) < 4.78 is 83.2. The van der Waals surface area contributed by atoms with E-state index in [2.05, 4.69) is 25.1 Å². The van der Waals surface area contributed by atoms with E-state index in [1.165, 1.54) is 37.4 Å². The Labute approximate surface area is 244 Å². The predicted octanol–water partition coefficient (Wildman–Crippen LogP) is 2.99. The first-order valence-electron chi connectivity index (χ1n) is 12.3. The molecule has 232 valence electrons. The Bertz CT molecular complexity index is 1760. The number of hydrogen-bond acceptors (Lipinski definition) is 10. The average molecular weight is 623 g/mol. The van der Waals surface area contributed by atoms with Crippen LogP contribution >= 0.6 is 0 Å². The number of rotatable bonds is 11. The summed E-state index contributed by atoms with van der Waals surface area (Å²) in [6.07, 6.45) is -5.37. The van der Waals surface area contributed by atoms with E-state index in [0.717, 1.165) is 22.9 Å². The number of aromatic amines is 1. The minimum Gasteiger partial charge on any atom is -0.497 e. The fraction of sp³-hybridized carbons (Fsp3) is 0.192. The molecule has 0 aliphatic heterocycles. The van der Waals surface area contributed by atoms with Crippen LogP contribution in [0.2, 0.25) is 0 Å². The van der Waals surface area contributed by atoms with Crippen LogP contribution in [0, 0.1) is 11.2 Å². The van der Waals surface area contributed by atoms with Gasteiger partial charge in [0.2, 0.25) is 0 Å². The van der Waals surface area contributed by atoms with Crippen molar-refractivity contribution in [3.05, 3.63) is 81.8 Å². The van der Waals surface area contributed by atoms with Gasteiger partial charge in [-0.15, -0.1) is 5.10 Å². The maximum Gasteiger partial charge on any atom is 0.491 e. The zero-order chi connectivity index (χ0) is 32.2. The molecule has 1 atom stereocenters. The van der Waals surface area contributed by atoms with Crippen molar-refractivity contribution in [3.63, 3.8) is 0 Å². The van der Waals surface area contributed by atoms with Crippen LogP contribution in [-0.4, -0.2) is 58.1 Å². The summed E-state index contributed by atoms with van der Waals surface area (Å²) in [6.45, 7) is -1.45. The number of esters is 1. The molecule has 0 saturated carbocycles. The van der Waals surface area contributed by atoms with E-state index in [0.29, 0.717) is 0 Å². The van der Waals surface area contributed by atoms with Crippen LogP contribution < -0.4 is 36.7 Å². The van der Waals surface area contributed by atoms with Gasteiger partial charge in [0.1, 0.15) is 42.5 Å². The molecule has 0 aliphatic carbocycles. The summed E-state index contributed by atoms with van der Waals surface area (Å²) in [5.74, 6) is -5.63. The third-order valence-corrected chi connectivity index (χ3v) is 5.82. The Hall–Kier alpha value is -5.68. The number of aromatic nitrogens is 4. The number of hydrogen-bond donors (Lipinski definition) is 5. The molecule has 2 aromatic heterocycles. The molecule has 0 spiro atoms. The monoisotopic (exact) mass is 622 g/mol. The van der Waals surface area contributed by atoms with Gasteiger partial charge in [-0.25, -0.2) is 23.4 Å². The number of H-pyrrole nitrogens is 1. The maximum atomic E-state index is 15.8. The highest BCUT2D eigenvalue weighted by Crippen LogP contribution is 2.36. The first kappa shape index (κ1) is 31.3. The van der Waals surface area contributed by atoms with Crippen molar-refractivity contribution < 1.29 is 41.0 Å². The fourth-order valence-corrected chi connectivity index (χ4v) is 3.89. The van der Waals surface area contributed by atoms with Crippen LogP contribution in [0.4, 0.5) is 33.5 Å². The minimum absolute atomic E-state index is 0.00138. The molecule has 2 heterocycles. The lowest BCUT2D eigenvalue weighted by molar-refractivity contribution is -0.189. The quantitative estimate of drug-likeness (QED) is 0.0545. The Kier molecular flexibility index (Phi) is 9.01. The largest absolute Gasteiger partial charge is 0.497 e. The third kappa shape index (κ3) is 6.85. The molecule has 4 rings (SSSR count). The van der Waals surface area contributed by atoms with Gasteiger partial charge in [-0.05, 0) is 30.3 Å². The second-order valence-corrected chi connectivity index (χ2v) is 8.80. The van der Waals surface area contributed by atoms with Gasteiger partial charge in [0.05, 0.1) is 12.7 Å². The van der Waals surface area contributed by atoms with Gasteiger partial charge in [-0.2, -0.15) is 17.9 Å². The van der Waals surface area contributed by atoms with Gasteiger partial charge in [0.25, 0.3) is 0 Å². The van der Waals surface area contributed by atoms with E-state index in [1.54, 1.807) is 0 Å². The van der Waals surface area contributed by atoms with E-state index < -0.39 is 60.3 Å². The Morgan fingerprint density at radius 1 is 1.18 bits per heavy atom. The SMILES string of the molecule is COc1cc(OCCF)c(F)c(C(Nc2ccc(C(=N)N)c(OC(=O)C(F)(F)F)c2)c2nn(-c3cccc(N)n3)c(=O)[nH]2)c1. The average Bonchev–Trinajstić information content (AvgIpc) is 3.36. The molecule has 4 aromatic rings. The van der Waals surface area contributed by atoms with Crippen LogP contribution in [-0.2, 0) is 4.79 Å². The van der Waals surface area contributed by atoms with Gasteiger partial charge in [0.15, 0.2) is 23.2 Å². The number of carbonyl (C=O) groups excluding carboxylic acids is 1. The molecule has 0 amide bonds. The second kappa shape index (κ2) is 12.7. The second-order valence-electron chi connectivity index (χ2n) is 8.80. The fourth-order valence-electron chi connectivity index (χ4n) is 3.89. The molecule has 18 heteroatoms. The summed E-state index contributed by atoms with van der Waals surface area (Å²) in [5, 5.41) is 14.7. The Morgan fingerprint density at radius 3 is 2.57 bits per heavy atom. The maximum absolute atomic E-state index is 15.8. The number of nitrogens with zero attached hydrogens (tertiary/aromatic N) is 3. The van der Waals surface area contributed by atoms with Crippen LogP contribution in [0.1, 0.15) is 23.0 Å². The van der Waals surface area contributed by atoms with Gasteiger partial charge < -0.3 is 31.0 Å². The van der Waals surface area contributed by atoms with Gasteiger partial charge in [-0.1, -0.05) is 6.07 Å². The van der Waals surface area contributed by atoms with E-state index in [1.807, 2.05) is 0 Å². The number of nitrogen functional groups attached to an aromatic ring is 2. The number of amidine groups is 1. The van der Waals surface area contributed by atoms with Gasteiger partial charge in [0, 0.05) is 23.4 Å². The van der Waals surface area contributed by atoms with E-state index in [-0.39, 0.29) is 40.0 Å². The number of halogens is 5. The molecule has 0 aliphatic rings. The molecule has 0 fully saturated rings. The molecule has 44 heavy (non-hydrogen) atoms. The Morgan fingerprint density at radius 2 is 1.93 bits per heavy atom. The smallest absolute Gasteiger partial charge is 0.491 e. The zero-order valence-electron chi connectivity index (χ0n) is 22.5. The van der Waals surface area contributed by atoms with Crippen molar-refractivity contribution in [1.29, 1.82) is 5.41 Å². The van der Waals surface area contributed by atoms with Crippen LogP contribution in [0.15, 0.2) is 53.3 Å². The van der Waals surface area contributed by atoms with E-state index >= 15 is 4.39 Å². The number of methoxy groups -OCH3 is 1. The predicted molar refractivity (Wildman–Crippen MR) is 145 cm³/mol. The molecule has 2 aromatic carbocycles. The van der Waals surface area contributed by atoms with Crippen LogP contribution in [0.3, 0.4) is 0 Å². The number of nitrogens with two attached hydrogens (primary N) is 2. The lowest BCUT2D eigenvalue weighted by Gasteiger charge is -2.22. The van der Waals surface area contributed by atoms with Crippen molar-refractivity contribution in [2.24, 2.45) is 5.73 Å². The Balaban J connectivity index is 1.88. The van der Waals surface area contributed by atoms with Crippen LogP contribution in [0.5, 0.6) is 17.2 Å². The van der Waals surface area contributed by atoms with Crippen molar-refractivity contribution in [2.75, 3.05) is 31.4 Å². The summed E-state index contributed by atoms with van der Waals surface area (Å²) in [5.41, 5.74) is 9.60. The van der Waals surface area contributed by atoms with E-state index in [4.69, 9.17) is 26.4 Å². The number of alkyl halides is 4. The normalized spacial score (nSPS) is 12.0. The van der Waals surface area contributed by atoms with Crippen LogP contribution in [0.25, 0.3) is 5.82 Å². The summed E-state index contributed by atoms with van der Waals surface area (Å²) in [6, 6.07) is 8.51. The first-order chi connectivity index (χ1) is 20.8. The summed E-state index contributed by atoms with van der Waals surface area (Å²) in [7, 11) is 1.27. The molecule has 7 N–H and O–H groups in total. The molecule has 13 nitrogen and oxygen atoms in total. The number of anilines is 2. The standard InChI is InChI=1S/C26H23F5N8O5/c1-42-13-10-15(20(28)17(11-13)43-8-7-27)21(23-37-25(41)39(38-23)19-4-2-3-18(32)36-19)35-12-5-6-14(22(33)34)16(9-12)44-24(40)26(29,30)31/h2-6,9-11,21,35H,7-8H2,1H3,(H2,32,36)(H3,33,34)(H,37,38,41). The van der Waals surface area contributed by atoms with Crippen molar-refractivity contribution >= 4 is 23.3 Å². The number of pyridine rings is 1. The minimum atomic E-state index is -5.37. The molecular weight excluding hydrogens is 599 g/mol. The van der Waals surface area contributed by atoms with Crippen molar-refractivity contribution in [1.82, 2.24) is 19.7 Å². The molecule has 0 radical (unpaired) electrons. The topological polar surface area (TPSA) is 196 Å². The van der Waals surface area contributed by atoms with Crippen molar-refractivity contribution in [2.45, 2.75) is 12.2 Å². The molecule has 0 bridgehead atoms. The summed E-state index contributed by atoms with van der Waals surface area (Å²) >= 11 is 0. The van der Waals surface area contributed by atoms with Gasteiger partial charge >= 0.3 is 17.8 Å². The number of carbonyl (C=O) groups is 1. The molecule has 0 saturated heterocycles. The van der Waals surface area contributed by atoms with Crippen molar-refractivity contribution in [3.8, 4) is 23.1 Å². The summed E-state index contributed by atoms with van der Waals surface area (Å²) in [4.78, 5) is 31.0. The van der Waals surface area contributed by atoms with E-state index in [9.17, 15) is 27.2 Å². The highest BCUT2D eigenvalue weighted by atomic mass is 19.4. The first-order valence-corrected chi connectivity index (χ1v) is 12.3. The number of benzene rings is 2. The zero-order valence-corrected chi connectivity index (χ0v) is 22.5. The molecular formula is C26H23F5N8O5. The molecule has 1 unspecified atom stereocenters. The highest BCUT2D eigenvalue weighted by molar-refractivity contribution is 5.99. The van der Waals surface area contributed by atoms with Gasteiger partial charge in [-0.3, -0.25) is 10.4 Å². The lowest BCUT2D eigenvalue weighted by Crippen LogP contribution is -2.29. The number of ether oxygens (including phenoxy) is 3. The third-order valence-electron chi connectivity index (χ3n) is 5.82. The lowest BCUT2D eigenvalue weighted by atomic mass is 10.0. The highest BCUT2D eigenvalue weighted by Gasteiger charge is 2.42. The number of nitrogens with one attached hydrogen (secondary N) is 3.